The quantitative estimate of drug-likeness (QED) is 0.480. The highest BCUT2D eigenvalue weighted by Gasteiger charge is 2.17. The van der Waals surface area contributed by atoms with Crippen LogP contribution in [0.4, 0.5) is 4.79 Å². The first-order valence-corrected chi connectivity index (χ1v) is 10.0. The molecule has 2 aromatic carbocycles. The molecule has 0 unspecified atom stereocenters. The van der Waals surface area contributed by atoms with Crippen LogP contribution in [0.5, 0.6) is 0 Å². The van der Waals surface area contributed by atoms with Crippen LogP contribution in [0.25, 0.3) is 0 Å². The fraction of sp³-hybridized carbons (Fsp3) is 0.435. The van der Waals surface area contributed by atoms with E-state index in [9.17, 15) is 4.79 Å². The van der Waals surface area contributed by atoms with Gasteiger partial charge >= 0.3 is 6.16 Å². The van der Waals surface area contributed by atoms with Crippen molar-refractivity contribution in [3.05, 3.63) is 68.7 Å². The Balaban J connectivity index is 1.92. The number of hydrogen-bond acceptors (Lipinski definition) is 3. The molecule has 28 heavy (non-hydrogen) atoms. The number of ether oxygens (including phenoxy) is 2. The summed E-state index contributed by atoms with van der Waals surface area (Å²) in [6.07, 6.45) is -0.757. The second-order valence-corrected chi connectivity index (χ2v) is 9.75. The SMILES string of the molecule is CC(C)(C)c1ccc(COC(=O)OCc2ccc(C(C)(C)C)cc2Cl)c(Cl)c1. The first kappa shape index (κ1) is 22.6. The predicted octanol–water partition coefficient (Wildman–Crippen LogP) is 7.44. The molecule has 0 spiro atoms. The second-order valence-electron chi connectivity index (χ2n) is 8.94. The van der Waals surface area contributed by atoms with Crippen molar-refractivity contribution in [2.24, 2.45) is 0 Å². The number of rotatable bonds is 4. The van der Waals surface area contributed by atoms with Crippen LogP contribution in [0.2, 0.25) is 10.0 Å². The van der Waals surface area contributed by atoms with Gasteiger partial charge in [0.15, 0.2) is 0 Å². The van der Waals surface area contributed by atoms with Gasteiger partial charge in [-0.3, -0.25) is 0 Å². The molecule has 0 N–H and O–H groups in total. The van der Waals surface area contributed by atoms with Crippen LogP contribution >= 0.6 is 23.2 Å². The molecule has 0 aliphatic heterocycles. The van der Waals surface area contributed by atoms with Gasteiger partial charge in [0.25, 0.3) is 0 Å². The molecule has 0 atom stereocenters. The van der Waals surface area contributed by atoms with Gasteiger partial charge in [-0.1, -0.05) is 89.0 Å². The maximum Gasteiger partial charge on any atom is 0.508 e. The third-order valence-corrected chi connectivity index (χ3v) is 5.23. The van der Waals surface area contributed by atoms with Gasteiger partial charge in [-0.25, -0.2) is 4.79 Å². The predicted molar refractivity (Wildman–Crippen MR) is 115 cm³/mol. The molecule has 0 heterocycles. The molecule has 0 aliphatic rings. The first-order valence-electron chi connectivity index (χ1n) is 9.25. The molecule has 0 saturated carbocycles. The fourth-order valence-corrected chi connectivity index (χ4v) is 3.05. The summed E-state index contributed by atoms with van der Waals surface area (Å²) in [7, 11) is 0. The first-order chi connectivity index (χ1) is 12.9. The van der Waals surface area contributed by atoms with Crippen LogP contribution in [0.15, 0.2) is 36.4 Å². The molecular formula is C23H28Cl2O3. The summed E-state index contributed by atoms with van der Waals surface area (Å²) in [6.45, 7) is 12.8. The zero-order chi connectivity index (χ0) is 21.1. The molecule has 0 aromatic heterocycles. The Morgan fingerprint density at radius 3 is 1.39 bits per heavy atom. The van der Waals surface area contributed by atoms with Crippen LogP contribution in [-0.4, -0.2) is 6.16 Å². The average Bonchev–Trinajstić information content (AvgIpc) is 2.57. The Labute approximate surface area is 177 Å². The molecule has 5 heteroatoms. The lowest BCUT2D eigenvalue weighted by molar-refractivity contribution is 0.0447. The summed E-state index contributed by atoms with van der Waals surface area (Å²) >= 11 is 12.6. The molecule has 0 radical (unpaired) electrons. The van der Waals surface area contributed by atoms with Crippen molar-refractivity contribution in [3.63, 3.8) is 0 Å². The summed E-state index contributed by atoms with van der Waals surface area (Å²) in [6, 6.07) is 11.5. The molecule has 152 valence electrons. The summed E-state index contributed by atoms with van der Waals surface area (Å²) in [5.74, 6) is 0. The average molecular weight is 423 g/mol. The van der Waals surface area contributed by atoms with E-state index < -0.39 is 6.16 Å². The van der Waals surface area contributed by atoms with Crippen molar-refractivity contribution in [2.45, 2.75) is 65.6 Å². The number of hydrogen-bond donors (Lipinski definition) is 0. The van der Waals surface area contributed by atoms with E-state index in [4.69, 9.17) is 32.7 Å². The van der Waals surface area contributed by atoms with E-state index in [0.717, 1.165) is 22.3 Å². The Kier molecular flexibility index (Phi) is 7.06. The van der Waals surface area contributed by atoms with Gasteiger partial charge in [0.2, 0.25) is 0 Å². The number of carbonyl (C=O) groups excluding carboxylic acids is 1. The summed E-state index contributed by atoms with van der Waals surface area (Å²) in [4.78, 5) is 11.9. The molecule has 3 nitrogen and oxygen atoms in total. The molecule has 0 fully saturated rings. The molecule has 2 rings (SSSR count). The number of halogens is 2. The van der Waals surface area contributed by atoms with Crippen LogP contribution in [-0.2, 0) is 33.5 Å². The van der Waals surface area contributed by atoms with Crippen molar-refractivity contribution in [1.29, 1.82) is 0 Å². The highest BCUT2D eigenvalue weighted by atomic mass is 35.5. The van der Waals surface area contributed by atoms with E-state index in [1.165, 1.54) is 0 Å². The Morgan fingerprint density at radius 1 is 0.750 bits per heavy atom. The normalized spacial score (nSPS) is 12.0. The van der Waals surface area contributed by atoms with Gasteiger partial charge in [0.1, 0.15) is 13.2 Å². The Hall–Kier alpha value is -1.71. The van der Waals surface area contributed by atoms with E-state index >= 15 is 0 Å². The number of benzene rings is 2. The molecule has 0 aliphatic carbocycles. The highest BCUT2D eigenvalue weighted by Crippen LogP contribution is 2.29. The van der Waals surface area contributed by atoms with Crippen LogP contribution in [0.3, 0.4) is 0 Å². The van der Waals surface area contributed by atoms with Crippen LogP contribution in [0, 0.1) is 0 Å². The minimum Gasteiger partial charge on any atom is -0.429 e. The van der Waals surface area contributed by atoms with Gasteiger partial charge in [0.05, 0.1) is 0 Å². The van der Waals surface area contributed by atoms with Crippen molar-refractivity contribution in [3.8, 4) is 0 Å². The molecule has 2 aromatic rings. The van der Waals surface area contributed by atoms with Gasteiger partial charge in [-0.2, -0.15) is 0 Å². The van der Waals surface area contributed by atoms with Crippen molar-refractivity contribution < 1.29 is 14.3 Å². The zero-order valence-corrected chi connectivity index (χ0v) is 18.9. The summed E-state index contributed by atoms with van der Waals surface area (Å²) in [5.41, 5.74) is 3.72. The summed E-state index contributed by atoms with van der Waals surface area (Å²) in [5, 5.41) is 1.14. The van der Waals surface area contributed by atoms with E-state index in [2.05, 4.69) is 41.5 Å². The van der Waals surface area contributed by atoms with Gasteiger partial charge in [-0.15, -0.1) is 0 Å². The monoisotopic (exact) mass is 422 g/mol. The van der Waals surface area contributed by atoms with E-state index in [-0.39, 0.29) is 24.0 Å². The molecular weight excluding hydrogens is 395 g/mol. The standard InChI is InChI=1S/C23H28Cl2O3/c1-22(2,3)17-9-7-15(19(24)11-17)13-27-21(26)28-14-16-8-10-18(12-20(16)25)23(4,5)6/h7-12H,13-14H2,1-6H3. The maximum atomic E-state index is 11.9. The van der Waals surface area contributed by atoms with Crippen LogP contribution in [0.1, 0.15) is 63.8 Å². The maximum absolute atomic E-state index is 11.9. The van der Waals surface area contributed by atoms with Gasteiger partial charge in [-0.05, 0) is 34.1 Å². The third-order valence-electron chi connectivity index (χ3n) is 4.53. The largest absolute Gasteiger partial charge is 0.508 e. The summed E-state index contributed by atoms with van der Waals surface area (Å²) < 4.78 is 10.4. The minimum atomic E-state index is -0.757. The zero-order valence-electron chi connectivity index (χ0n) is 17.4. The topological polar surface area (TPSA) is 35.5 Å². The smallest absolute Gasteiger partial charge is 0.429 e. The molecule has 0 amide bonds. The van der Waals surface area contributed by atoms with Gasteiger partial charge < -0.3 is 9.47 Å². The molecule has 0 bridgehead atoms. The second kappa shape index (κ2) is 8.75. The van der Waals surface area contributed by atoms with Gasteiger partial charge in [0, 0.05) is 21.2 Å². The lowest BCUT2D eigenvalue weighted by atomic mass is 9.87. The van der Waals surface area contributed by atoms with Crippen molar-refractivity contribution in [2.75, 3.05) is 0 Å². The Bertz CT molecular complexity index is 776. The van der Waals surface area contributed by atoms with E-state index in [1.807, 2.05) is 36.4 Å². The lowest BCUT2D eigenvalue weighted by Gasteiger charge is -2.20. The van der Waals surface area contributed by atoms with Crippen LogP contribution < -0.4 is 0 Å². The highest BCUT2D eigenvalue weighted by molar-refractivity contribution is 6.31. The van der Waals surface area contributed by atoms with Crippen molar-refractivity contribution in [1.82, 2.24) is 0 Å². The minimum absolute atomic E-state index is 0.00373. The third kappa shape index (κ3) is 6.15. The van der Waals surface area contributed by atoms with E-state index in [1.54, 1.807) is 0 Å². The van der Waals surface area contributed by atoms with Crippen molar-refractivity contribution >= 4 is 29.4 Å². The molecule has 0 saturated heterocycles. The lowest BCUT2D eigenvalue weighted by Crippen LogP contribution is -2.12. The fourth-order valence-electron chi connectivity index (χ4n) is 2.58. The van der Waals surface area contributed by atoms with E-state index in [0.29, 0.717) is 10.0 Å². The number of carbonyl (C=O) groups is 1. The Morgan fingerprint density at radius 2 is 1.11 bits per heavy atom.